The molecule has 0 aliphatic carbocycles. The maximum Gasteiger partial charge on any atom is 0.417 e. The summed E-state index contributed by atoms with van der Waals surface area (Å²) >= 11 is 0. The van der Waals surface area contributed by atoms with Gasteiger partial charge in [0.15, 0.2) is 11.5 Å². The van der Waals surface area contributed by atoms with E-state index in [1.165, 1.54) is 14.0 Å². The molecule has 0 saturated carbocycles. The highest BCUT2D eigenvalue weighted by Crippen LogP contribution is 2.41. The third kappa shape index (κ3) is 3.45. The highest BCUT2D eigenvalue weighted by Gasteiger charge is 2.40. The van der Waals surface area contributed by atoms with Gasteiger partial charge in [0.2, 0.25) is 0 Å². The largest absolute Gasteiger partial charge is 0.493 e. The van der Waals surface area contributed by atoms with Crippen LogP contribution < -0.4 is 9.47 Å². The maximum absolute atomic E-state index is 13.0. The summed E-state index contributed by atoms with van der Waals surface area (Å²) in [7, 11) is 2.27. The summed E-state index contributed by atoms with van der Waals surface area (Å²) in [5.41, 5.74) is -2.22. The smallest absolute Gasteiger partial charge is 0.417 e. The van der Waals surface area contributed by atoms with E-state index in [-0.39, 0.29) is 12.4 Å². The van der Waals surface area contributed by atoms with Gasteiger partial charge in [0.1, 0.15) is 0 Å². The second-order valence-corrected chi connectivity index (χ2v) is 3.77. The van der Waals surface area contributed by atoms with Gasteiger partial charge in [-0.25, -0.2) is 4.79 Å². The van der Waals surface area contributed by atoms with Gasteiger partial charge >= 0.3 is 12.1 Å². The second kappa shape index (κ2) is 6.47. The maximum atomic E-state index is 13.0. The number of benzene rings is 1. The van der Waals surface area contributed by atoms with E-state index >= 15 is 0 Å². The summed E-state index contributed by atoms with van der Waals surface area (Å²) in [6.07, 6.45) is -4.84. The van der Waals surface area contributed by atoms with Crippen LogP contribution >= 0.6 is 0 Å². The molecule has 0 unspecified atom stereocenters. The van der Waals surface area contributed by atoms with Gasteiger partial charge in [-0.05, 0) is 19.1 Å². The number of methoxy groups -OCH3 is 2. The molecule has 1 aromatic rings. The molecule has 21 heavy (non-hydrogen) atoms. The number of halogens is 3. The third-order valence-corrected chi connectivity index (χ3v) is 2.54. The van der Waals surface area contributed by atoms with Crippen molar-refractivity contribution in [2.24, 2.45) is 0 Å². The van der Waals surface area contributed by atoms with E-state index in [0.717, 1.165) is 13.2 Å². The van der Waals surface area contributed by atoms with Crippen molar-refractivity contribution in [1.82, 2.24) is 0 Å². The summed E-state index contributed by atoms with van der Waals surface area (Å²) in [6.45, 7) is 1.29. The van der Waals surface area contributed by atoms with E-state index in [1.54, 1.807) is 0 Å². The molecule has 1 rings (SSSR count). The molecule has 0 aliphatic heterocycles. The molecule has 0 aromatic heterocycles. The number of carbonyl (C=O) groups excluding carboxylic acids is 2. The third-order valence-electron chi connectivity index (χ3n) is 2.54. The molecule has 0 amide bonds. The van der Waals surface area contributed by atoms with Crippen molar-refractivity contribution in [3.8, 4) is 11.5 Å². The molecule has 5 nitrogen and oxygen atoms in total. The van der Waals surface area contributed by atoms with E-state index in [0.29, 0.717) is 6.07 Å². The lowest BCUT2D eigenvalue weighted by molar-refractivity contribution is -0.139. The number of rotatable bonds is 5. The molecule has 116 valence electrons. The molecule has 0 atom stereocenters. The van der Waals surface area contributed by atoms with Crippen LogP contribution in [-0.2, 0) is 15.7 Å². The van der Waals surface area contributed by atoms with Gasteiger partial charge in [0.25, 0.3) is 5.78 Å². The average molecular weight is 306 g/mol. The standard InChI is InChI=1S/C13H13F3O5/c1-4-21-12(18)10(17)9-7(13(14,15)16)5-6-8(19-2)11(9)20-3/h5-6H,4H2,1-3H3. The fraction of sp³-hybridized carbons (Fsp3) is 0.385. The first-order chi connectivity index (χ1) is 9.77. The monoisotopic (exact) mass is 306 g/mol. The lowest BCUT2D eigenvalue weighted by Crippen LogP contribution is -2.23. The van der Waals surface area contributed by atoms with Crippen LogP contribution in [0, 0.1) is 0 Å². The minimum atomic E-state index is -4.84. The predicted molar refractivity (Wildman–Crippen MR) is 65.5 cm³/mol. The van der Waals surface area contributed by atoms with Gasteiger partial charge in [0.05, 0.1) is 32.0 Å². The lowest BCUT2D eigenvalue weighted by atomic mass is 10.0. The van der Waals surface area contributed by atoms with Crippen molar-refractivity contribution >= 4 is 11.8 Å². The molecule has 1 aromatic carbocycles. The summed E-state index contributed by atoms with van der Waals surface area (Å²) in [5, 5.41) is 0. The Morgan fingerprint density at radius 1 is 1.14 bits per heavy atom. The molecular formula is C13H13F3O5. The van der Waals surface area contributed by atoms with Crippen LogP contribution in [0.4, 0.5) is 13.2 Å². The number of alkyl halides is 3. The Kier molecular flexibility index (Phi) is 5.17. The number of esters is 1. The summed E-state index contributed by atoms with van der Waals surface area (Å²) in [4.78, 5) is 23.4. The van der Waals surface area contributed by atoms with Crippen LogP contribution in [0.25, 0.3) is 0 Å². The number of hydrogen-bond donors (Lipinski definition) is 0. The Morgan fingerprint density at radius 2 is 1.76 bits per heavy atom. The van der Waals surface area contributed by atoms with E-state index in [9.17, 15) is 22.8 Å². The van der Waals surface area contributed by atoms with E-state index in [2.05, 4.69) is 4.74 Å². The van der Waals surface area contributed by atoms with Crippen LogP contribution in [0.2, 0.25) is 0 Å². The predicted octanol–water partition coefficient (Wildman–Crippen LogP) is 2.47. The number of carbonyl (C=O) groups is 2. The molecule has 0 aliphatic rings. The Balaban J connectivity index is 3.57. The number of ether oxygens (including phenoxy) is 3. The Labute approximate surface area is 118 Å². The van der Waals surface area contributed by atoms with E-state index < -0.39 is 34.8 Å². The molecule has 0 bridgehead atoms. The molecule has 8 heteroatoms. The first kappa shape index (κ1) is 16.8. The van der Waals surface area contributed by atoms with Crippen LogP contribution in [-0.4, -0.2) is 32.6 Å². The zero-order chi connectivity index (χ0) is 16.2. The topological polar surface area (TPSA) is 61.8 Å². The summed E-state index contributed by atoms with van der Waals surface area (Å²) in [5.74, 6) is -3.40. The van der Waals surface area contributed by atoms with Crippen molar-refractivity contribution in [2.75, 3.05) is 20.8 Å². The van der Waals surface area contributed by atoms with Crippen LogP contribution in [0.3, 0.4) is 0 Å². The van der Waals surface area contributed by atoms with Crippen molar-refractivity contribution < 1.29 is 37.0 Å². The zero-order valence-electron chi connectivity index (χ0n) is 11.5. The highest BCUT2D eigenvalue weighted by atomic mass is 19.4. The Morgan fingerprint density at radius 3 is 2.19 bits per heavy atom. The Bertz CT molecular complexity index is 551. The molecule has 0 fully saturated rings. The first-order valence-corrected chi connectivity index (χ1v) is 5.81. The van der Waals surface area contributed by atoms with Crippen molar-refractivity contribution in [3.63, 3.8) is 0 Å². The first-order valence-electron chi connectivity index (χ1n) is 5.81. The number of hydrogen-bond acceptors (Lipinski definition) is 5. The Hall–Kier alpha value is -2.25. The summed E-state index contributed by atoms with van der Waals surface area (Å²) < 4.78 is 53.1. The zero-order valence-corrected chi connectivity index (χ0v) is 11.5. The fourth-order valence-electron chi connectivity index (χ4n) is 1.69. The molecule has 0 heterocycles. The molecule has 0 N–H and O–H groups in total. The molecule has 0 spiro atoms. The van der Waals surface area contributed by atoms with Gasteiger partial charge in [-0.2, -0.15) is 13.2 Å². The second-order valence-electron chi connectivity index (χ2n) is 3.77. The van der Waals surface area contributed by atoms with Crippen molar-refractivity contribution in [1.29, 1.82) is 0 Å². The fourth-order valence-corrected chi connectivity index (χ4v) is 1.69. The van der Waals surface area contributed by atoms with Gasteiger partial charge in [-0.1, -0.05) is 0 Å². The summed E-state index contributed by atoms with van der Waals surface area (Å²) in [6, 6.07) is 1.65. The van der Waals surface area contributed by atoms with Crippen LogP contribution in [0.5, 0.6) is 11.5 Å². The van der Waals surface area contributed by atoms with Crippen LogP contribution in [0.1, 0.15) is 22.8 Å². The van der Waals surface area contributed by atoms with Crippen molar-refractivity contribution in [2.45, 2.75) is 13.1 Å². The van der Waals surface area contributed by atoms with Gasteiger partial charge in [-0.3, -0.25) is 4.79 Å². The highest BCUT2D eigenvalue weighted by molar-refractivity contribution is 6.41. The quantitative estimate of drug-likeness (QED) is 0.475. The van der Waals surface area contributed by atoms with Crippen LogP contribution in [0.15, 0.2) is 12.1 Å². The minimum Gasteiger partial charge on any atom is -0.493 e. The number of ketones is 1. The van der Waals surface area contributed by atoms with Crippen molar-refractivity contribution in [3.05, 3.63) is 23.3 Å². The lowest BCUT2D eigenvalue weighted by Gasteiger charge is -2.17. The minimum absolute atomic E-state index is 0.0989. The van der Waals surface area contributed by atoms with Gasteiger partial charge in [-0.15, -0.1) is 0 Å². The SMILES string of the molecule is CCOC(=O)C(=O)c1c(C(F)(F)F)ccc(OC)c1OC. The molecular weight excluding hydrogens is 293 g/mol. The van der Waals surface area contributed by atoms with E-state index in [4.69, 9.17) is 9.47 Å². The molecule has 0 saturated heterocycles. The van der Waals surface area contributed by atoms with E-state index in [1.807, 2.05) is 0 Å². The van der Waals surface area contributed by atoms with Gasteiger partial charge < -0.3 is 14.2 Å². The molecule has 0 radical (unpaired) electrons. The average Bonchev–Trinajstić information content (AvgIpc) is 2.43. The normalized spacial score (nSPS) is 11.0. The van der Waals surface area contributed by atoms with Gasteiger partial charge in [0, 0.05) is 0 Å². The number of Topliss-reactive ketones (excluding diaryl/α,β-unsaturated/α-hetero) is 1.